The molecule has 0 unspecified atom stereocenters. The highest BCUT2D eigenvalue weighted by molar-refractivity contribution is 8.00. The zero-order valence-corrected chi connectivity index (χ0v) is 10.7. The van der Waals surface area contributed by atoms with Crippen molar-refractivity contribution in [3.63, 3.8) is 0 Å². The molecule has 0 aliphatic rings. The van der Waals surface area contributed by atoms with Gasteiger partial charge in [-0.15, -0.1) is 11.8 Å². The number of rotatable bonds is 4. The van der Waals surface area contributed by atoms with Crippen LogP contribution in [-0.2, 0) is 0 Å². The molecule has 1 aromatic heterocycles. The van der Waals surface area contributed by atoms with E-state index in [2.05, 4.69) is 26.0 Å². The predicted octanol–water partition coefficient (Wildman–Crippen LogP) is 3.87. The summed E-state index contributed by atoms with van der Waals surface area (Å²) in [5.41, 5.74) is 2.52. The van der Waals surface area contributed by atoms with Gasteiger partial charge in [-0.2, -0.15) is 0 Å². The number of aryl methyl sites for hydroxylation is 2. The van der Waals surface area contributed by atoms with Crippen LogP contribution in [0.1, 0.15) is 21.7 Å². The van der Waals surface area contributed by atoms with Crippen LogP contribution in [0.3, 0.4) is 0 Å². The summed E-state index contributed by atoms with van der Waals surface area (Å²) in [5.74, 6) is 0.871. The summed E-state index contributed by atoms with van der Waals surface area (Å²) < 4.78 is 5.06. The molecular formula is C14H14O2S. The van der Waals surface area contributed by atoms with Crippen molar-refractivity contribution in [1.29, 1.82) is 0 Å². The first-order valence-corrected chi connectivity index (χ1v) is 6.42. The third-order valence-electron chi connectivity index (χ3n) is 2.64. The average molecular weight is 246 g/mol. The Morgan fingerprint density at radius 3 is 2.71 bits per heavy atom. The summed E-state index contributed by atoms with van der Waals surface area (Å²) >= 11 is 1.54. The fraction of sp³-hybridized carbons (Fsp3) is 0.214. The van der Waals surface area contributed by atoms with Crippen LogP contribution in [0.2, 0.25) is 0 Å². The monoisotopic (exact) mass is 246 g/mol. The Labute approximate surface area is 105 Å². The first-order valence-electron chi connectivity index (χ1n) is 5.43. The summed E-state index contributed by atoms with van der Waals surface area (Å²) in [6, 6.07) is 9.66. The third-order valence-corrected chi connectivity index (χ3v) is 3.64. The van der Waals surface area contributed by atoms with Crippen LogP contribution < -0.4 is 0 Å². The predicted molar refractivity (Wildman–Crippen MR) is 69.7 cm³/mol. The van der Waals surface area contributed by atoms with E-state index in [1.165, 1.54) is 17.4 Å². The van der Waals surface area contributed by atoms with Gasteiger partial charge < -0.3 is 4.42 Å². The van der Waals surface area contributed by atoms with Gasteiger partial charge in [0.05, 0.1) is 12.0 Å². The highest BCUT2D eigenvalue weighted by Gasteiger charge is 2.09. The molecule has 3 heteroatoms. The largest absolute Gasteiger partial charge is 0.461 e. The number of hydrogen-bond acceptors (Lipinski definition) is 3. The third kappa shape index (κ3) is 3.01. The number of hydrogen-bond donors (Lipinski definition) is 0. The van der Waals surface area contributed by atoms with Gasteiger partial charge in [0, 0.05) is 4.90 Å². The maximum absolute atomic E-state index is 11.7. The van der Waals surface area contributed by atoms with Crippen molar-refractivity contribution in [1.82, 2.24) is 0 Å². The van der Waals surface area contributed by atoms with E-state index in [1.807, 2.05) is 6.07 Å². The number of Topliss-reactive ketones (excluding diaryl/α,β-unsaturated/α-hetero) is 1. The molecule has 17 heavy (non-hydrogen) atoms. The van der Waals surface area contributed by atoms with Crippen LogP contribution in [0.15, 0.2) is 45.9 Å². The van der Waals surface area contributed by atoms with Crippen molar-refractivity contribution >= 4 is 17.5 Å². The van der Waals surface area contributed by atoms with E-state index in [4.69, 9.17) is 4.42 Å². The number of carbonyl (C=O) groups is 1. The van der Waals surface area contributed by atoms with Crippen LogP contribution in [0.5, 0.6) is 0 Å². The first-order chi connectivity index (χ1) is 8.16. The van der Waals surface area contributed by atoms with Crippen molar-refractivity contribution in [3.05, 3.63) is 53.5 Å². The normalized spacial score (nSPS) is 10.5. The minimum Gasteiger partial charge on any atom is -0.461 e. The van der Waals surface area contributed by atoms with E-state index < -0.39 is 0 Å². The quantitative estimate of drug-likeness (QED) is 0.606. The summed E-state index contributed by atoms with van der Waals surface area (Å²) in [6.45, 7) is 4.16. The van der Waals surface area contributed by atoms with Gasteiger partial charge >= 0.3 is 0 Å². The number of benzene rings is 1. The molecule has 2 nitrogen and oxygen atoms in total. The molecule has 0 bridgehead atoms. The van der Waals surface area contributed by atoms with Gasteiger partial charge in [-0.3, -0.25) is 4.79 Å². The number of carbonyl (C=O) groups excluding carboxylic acids is 1. The van der Waals surface area contributed by atoms with Crippen molar-refractivity contribution < 1.29 is 9.21 Å². The topological polar surface area (TPSA) is 30.2 Å². The number of ketones is 1. The van der Waals surface area contributed by atoms with E-state index in [9.17, 15) is 4.79 Å². The van der Waals surface area contributed by atoms with Crippen molar-refractivity contribution in [2.45, 2.75) is 18.7 Å². The Hall–Kier alpha value is -1.48. The highest BCUT2D eigenvalue weighted by Crippen LogP contribution is 2.22. The molecule has 0 N–H and O–H groups in total. The molecule has 2 aromatic rings. The molecule has 0 saturated heterocycles. The first kappa shape index (κ1) is 12.0. The summed E-state index contributed by atoms with van der Waals surface area (Å²) in [6.07, 6.45) is 1.52. The van der Waals surface area contributed by atoms with Gasteiger partial charge in [0.15, 0.2) is 5.76 Å². The minimum atomic E-state index is 0.0261. The van der Waals surface area contributed by atoms with Gasteiger partial charge in [0.1, 0.15) is 0 Å². The molecule has 0 amide bonds. The number of thioether (sulfide) groups is 1. The van der Waals surface area contributed by atoms with E-state index in [0.717, 1.165) is 4.90 Å². The van der Waals surface area contributed by atoms with Crippen LogP contribution in [0.4, 0.5) is 0 Å². The fourth-order valence-electron chi connectivity index (χ4n) is 1.46. The molecule has 0 saturated carbocycles. The van der Waals surface area contributed by atoms with Crippen molar-refractivity contribution in [2.24, 2.45) is 0 Å². The maximum atomic E-state index is 11.7. The highest BCUT2D eigenvalue weighted by atomic mass is 32.2. The van der Waals surface area contributed by atoms with Crippen LogP contribution in [0, 0.1) is 13.8 Å². The molecule has 0 radical (unpaired) electrons. The van der Waals surface area contributed by atoms with Gasteiger partial charge in [0.25, 0.3) is 0 Å². The van der Waals surface area contributed by atoms with Crippen molar-refractivity contribution in [2.75, 3.05) is 5.75 Å². The molecule has 0 aliphatic heterocycles. The molecule has 88 valence electrons. The Bertz CT molecular complexity index is 515. The summed E-state index contributed by atoms with van der Waals surface area (Å²) in [7, 11) is 0. The van der Waals surface area contributed by atoms with Gasteiger partial charge in [-0.25, -0.2) is 0 Å². The standard InChI is InChI=1S/C14H14O2S/c1-10-5-6-12(8-11(10)2)17-9-13(15)14-4-3-7-16-14/h3-8H,9H2,1-2H3. The number of furan rings is 1. The minimum absolute atomic E-state index is 0.0261. The second kappa shape index (κ2) is 5.23. The van der Waals surface area contributed by atoms with Gasteiger partial charge in [-0.1, -0.05) is 6.07 Å². The van der Waals surface area contributed by atoms with E-state index >= 15 is 0 Å². The van der Waals surface area contributed by atoms with E-state index in [-0.39, 0.29) is 5.78 Å². The Kier molecular flexibility index (Phi) is 3.69. The SMILES string of the molecule is Cc1ccc(SCC(=O)c2ccco2)cc1C. The summed E-state index contributed by atoms with van der Waals surface area (Å²) in [5, 5.41) is 0. The second-order valence-corrected chi connectivity index (χ2v) is 4.98. The molecular weight excluding hydrogens is 232 g/mol. The van der Waals surface area contributed by atoms with Crippen molar-refractivity contribution in [3.8, 4) is 0 Å². The van der Waals surface area contributed by atoms with E-state index in [1.54, 1.807) is 23.9 Å². The lowest BCUT2D eigenvalue weighted by atomic mass is 10.1. The zero-order valence-electron chi connectivity index (χ0n) is 9.90. The lowest BCUT2D eigenvalue weighted by Gasteiger charge is -2.03. The second-order valence-electron chi connectivity index (χ2n) is 3.94. The maximum Gasteiger partial charge on any atom is 0.208 e. The van der Waals surface area contributed by atoms with Crippen LogP contribution >= 0.6 is 11.8 Å². The molecule has 0 spiro atoms. The van der Waals surface area contributed by atoms with Gasteiger partial charge in [0.2, 0.25) is 5.78 Å². The Morgan fingerprint density at radius 2 is 2.06 bits per heavy atom. The molecule has 1 heterocycles. The Morgan fingerprint density at radius 1 is 1.24 bits per heavy atom. The Balaban J connectivity index is 1.98. The fourth-order valence-corrected chi connectivity index (χ4v) is 2.33. The van der Waals surface area contributed by atoms with Crippen LogP contribution in [0.25, 0.3) is 0 Å². The average Bonchev–Trinajstić information content (AvgIpc) is 2.84. The molecule has 0 fully saturated rings. The van der Waals surface area contributed by atoms with Gasteiger partial charge in [-0.05, 0) is 49.2 Å². The lowest BCUT2D eigenvalue weighted by molar-refractivity contribution is 0.0992. The molecule has 1 aromatic carbocycles. The van der Waals surface area contributed by atoms with E-state index in [0.29, 0.717) is 11.5 Å². The van der Waals surface area contributed by atoms with Crippen LogP contribution in [-0.4, -0.2) is 11.5 Å². The molecule has 2 rings (SSSR count). The molecule has 0 atom stereocenters. The smallest absolute Gasteiger partial charge is 0.208 e. The molecule has 0 aliphatic carbocycles. The summed E-state index contributed by atoms with van der Waals surface area (Å²) in [4.78, 5) is 12.8. The lowest BCUT2D eigenvalue weighted by Crippen LogP contribution is -2.00. The zero-order chi connectivity index (χ0) is 12.3.